The number of anilines is 1. The van der Waals surface area contributed by atoms with Crippen molar-refractivity contribution in [1.29, 1.82) is 5.26 Å². The summed E-state index contributed by atoms with van der Waals surface area (Å²) in [5, 5.41) is 12.3. The largest absolute Gasteiger partial charge is 0.487 e. The zero-order valence-electron chi connectivity index (χ0n) is 18.1. The Bertz CT molecular complexity index is 1240. The minimum atomic E-state index is -0.475. The zero-order chi connectivity index (χ0) is 23.8. The SMILES string of the molecule is C=CCc1cc(/C=C(/C#N)C(=O)Nc2cccc(Br)c2)cc(Br)c1OCc1ccc(C)cc1. The summed E-state index contributed by atoms with van der Waals surface area (Å²) in [7, 11) is 0. The number of hydrogen-bond acceptors (Lipinski definition) is 3. The molecular weight excluding hydrogens is 544 g/mol. The quantitative estimate of drug-likeness (QED) is 0.176. The van der Waals surface area contributed by atoms with E-state index in [4.69, 9.17) is 4.74 Å². The lowest BCUT2D eigenvalue weighted by atomic mass is 10.0. The van der Waals surface area contributed by atoms with Crippen LogP contribution >= 0.6 is 31.9 Å². The molecule has 0 spiro atoms. The maximum Gasteiger partial charge on any atom is 0.266 e. The van der Waals surface area contributed by atoms with Crippen LogP contribution in [0, 0.1) is 18.3 Å². The molecule has 33 heavy (non-hydrogen) atoms. The highest BCUT2D eigenvalue weighted by Gasteiger charge is 2.14. The van der Waals surface area contributed by atoms with Gasteiger partial charge in [0.25, 0.3) is 5.91 Å². The highest BCUT2D eigenvalue weighted by atomic mass is 79.9. The fourth-order valence-electron chi connectivity index (χ4n) is 3.15. The van der Waals surface area contributed by atoms with Crippen molar-refractivity contribution < 1.29 is 9.53 Å². The second-order valence-electron chi connectivity index (χ2n) is 7.39. The van der Waals surface area contributed by atoms with E-state index in [0.29, 0.717) is 30.0 Å². The minimum Gasteiger partial charge on any atom is -0.487 e. The number of nitrogens with one attached hydrogen (secondary N) is 1. The molecule has 166 valence electrons. The van der Waals surface area contributed by atoms with E-state index in [-0.39, 0.29) is 5.57 Å². The Hall–Kier alpha value is -3.14. The van der Waals surface area contributed by atoms with Gasteiger partial charge in [-0.25, -0.2) is 0 Å². The van der Waals surface area contributed by atoms with Gasteiger partial charge in [0.05, 0.1) is 4.47 Å². The van der Waals surface area contributed by atoms with Gasteiger partial charge in [-0.3, -0.25) is 4.79 Å². The molecule has 3 aromatic rings. The van der Waals surface area contributed by atoms with Gasteiger partial charge in [0, 0.05) is 10.2 Å². The number of amides is 1. The highest BCUT2D eigenvalue weighted by Crippen LogP contribution is 2.33. The number of carbonyl (C=O) groups excluding carboxylic acids is 1. The van der Waals surface area contributed by atoms with Crippen molar-refractivity contribution >= 4 is 49.5 Å². The average molecular weight is 566 g/mol. The van der Waals surface area contributed by atoms with Crippen molar-refractivity contribution in [3.8, 4) is 11.8 Å². The number of rotatable bonds is 8. The first-order valence-electron chi connectivity index (χ1n) is 10.2. The second-order valence-corrected chi connectivity index (χ2v) is 9.16. The van der Waals surface area contributed by atoms with Crippen molar-refractivity contribution in [2.75, 3.05) is 5.32 Å². The minimum absolute atomic E-state index is 0.000229. The molecule has 0 aromatic heterocycles. The summed E-state index contributed by atoms with van der Waals surface area (Å²) < 4.78 is 7.68. The van der Waals surface area contributed by atoms with E-state index in [9.17, 15) is 10.1 Å². The summed E-state index contributed by atoms with van der Waals surface area (Å²) in [5.41, 5.74) is 4.48. The standard InChI is InChI=1S/C27H22Br2N2O2/c1-3-5-21-12-20(13-22(16-30)27(32)31-24-7-4-6-23(28)15-24)14-25(29)26(21)33-17-19-10-8-18(2)9-11-19/h3-4,6-15H,1,5,17H2,2H3,(H,31,32)/b22-13-. The van der Waals surface area contributed by atoms with Gasteiger partial charge in [-0.2, -0.15) is 5.26 Å². The fourth-order valence-corrected chi connectivity index (χ4v) is 4.18. The lowest BCUT2D eigenvalue weighted by Gasteiger charge is -2.14. The van der Waals surface area contributed by atoms with Crippen molar-refractivity contribution in [3.05, 3.63) is 110 Å². The van der Waals surface area contributed by atoms with E-state index in [1.165, 1.54) is 5.56 Å². The highest BCUT2D eigenvalue weighted by molar-refractivity contribution is 9.10. The fraction of sp³-hybridized carbons (Fsp3) is 0.111. The first-order valence-corrected chi connectivity index (χ1v) is 11.8. The first kappa shape index (κ1) is 24.5. The van der Waals surface area contributed by atoms with E-state index in [1.54, 1.807) is 24.3 Å². The molecule has 0 fully saturated rings. The predicted molar refractivity (Wildman–Crippen MR) is 140 cm³/mol. The Balaban J connectivity index is 1.85. The number of nitriles is 1. The summed E-state index contributed by atoms with van der Waals surface area (Å²) in [6.45, 7) is 6.31. The molecule has 0 radical (unpaired) electrons. The van der Waals surface area contributed by atoms with Crippen LogP contribution in [0.15, 0.2) is 87.8 Å². The molecule has 1 N–H and O–H groups in total. The molecule has 0 saturated carbocycles. The van der Waals surface area contributed by atoms with Crippen LogP contribution in [-0.4, -0.2) is 5.91 Å². The smallest absolute Gasteiger partial charge is 0.266 e. The molecule has 0 unspecified atom stereocenters. The first-order chi connectivity index (χ1) is 15.9. The third-order valence-corrected chi connectivity index (χ3v) is 5.85. The Kier molecular flexibility index (Phi) is 8.65. The van der Waals surface area contributed by atoms with Crippen molar-refractivity contribution in [1.82, 2.24) is 0 Å². The lowest BCUT2D eigenvalue weighted by Crippen LogP contribution is -2.13. The van der Waals surface area contributed by atoms with Gasteiger partial charge in [-0.1, -0.05) is 57.9 Å². The second kappa shape index (κ2) is 11.6. The maximum atomic E-state index is 12.6. The zero-order valence-corrected chi connectivity index (χ0v) is 21.2. The molecular formula is C27H22Br2N2O2. The lowest BCUT2D eigenvalue weighted by molar-refractivity contribution is -0.112. The molecule has 6 heteroatoms. The monoisotopic (exact) mass is 564 g/mol. The third kappa shape index (κ3) is 6.92. The van der Waals surface area contributed by atoms with Crippen LogP contribution in [0.4, 0.5) is 5.69 Å². The summed E-state index contributed by atoms with van der Waals surface area (Å²) in [4.78, 5) is 12.6. The number of allylic oxidation sites excluding steroid dienone is 1. The molecule has 4 nitrogen and oxygen atoms in total. The summed E-state index contributed by atoms with van der Waals surface area (Å²) >= 11 is 6.96. The molecule has 1 amide bonds. The van der Waals surface area contributed by atoms with Crippen LogP contribution in [0.1, 0.15) is 22.3 Å². The van der Waals surface area contributed by atoms with Crippen LogP contribution in [0.25, 0.3) is 6.08 Å². The molecule has 3 rings (SSSR count). The average Bonchev–Trinajstić information content (AvgIpc) is 2.78. The normalized spacial score (nSPS) is 10.9. The van der Waals surface area contributed by atoms with E-state index < -0.39 is 5.91 Å². The van der Waals surface area contributed by atoms with Crippen LogP contribution < -0.4 is 10.1 Å². The molecule has 0 aliphatic carbocycles. The van der Waals surface area contributed by atoms with E-state index in [2.05, 4.69) is 55.9 Å². The molecule has 0 saturated heterocycles. The summed E-state index contributed by atoms with van der Waals surface area (Å²) in [5.74, 6) is 0.237. The summed E-state index contributed by atoms with van der Waals surface area (Å²) in [6.07, 6.45) is 3.93. The molecule has 0 atom stereocenters. The van der Waals surface area contributed by atoms with E-state index in [0.717, 1.165) is 20.1 Å². The Morgan fingerprint density at radius 1 is 1.15 bits per heavy atom. The van der Waals surface area contributed by atoms with Gasteiger partial charge in [-0.05, 0) is 82.4 Å². The topological polar surface area (TPSA) is 62.1 Å². The van der Waals surface area contributed by atoms with Gasteiger partial charge in [0.15, 0.2) is 0 Å². The molecule has 0 aliphatic rings. The third-order valence-electron chi connectivity index (χ3n) is 4.77. The number of hydrogen-bond donors (Lipinski definition) is 1. The van der Waals surface area contributed by atoms with E-state index in [1.807, 2.05) is 49.4 Å². The number of aryl methyl sites for hydroxylation is 1. The van der Waals surface area contributed by atoms with Gasteiger partial charge >= 0.3 is 0 Å². The van der Waals surface area contributed by atoms with Crippen LogP contribution in [0.2, 0.25) is 0 Å². The number of nitrogens with zero attached hydrogens (tertiary/aromatic N) is 1. The molecule has 0 heterocycles. The van der Waals surface area contributed by atoms with Crippen molar-refractivity contribution in [3.63, 3.8) is 0 Å². The van der Waals surface area contributed by atoms with Gasteiger partial charge < -0.3 is 10.1 Å². The van der Waals surface area contributed by atoms with Gasteiger partial charge in [0.1, 0.15) is 24.0 Å². The number of halogens is 2. The van der Waals surface area contributed by atoms with E-state index >= 15 is 0 Å². The van der Waals surface area contributed by atoms with Crippen LogP contribution in [0.3, 0.4) is 0 Å². The predicted octanol–water partition coefficient (Wildman–Crippen LogP) is 7.37. The van der Waals surface area contributed by atoms with Crippen LogP contribution in [0.5, 0.6) is 5.75 Å². The number of carbonyl (C=O) groups is 1. The van der Waals surface area contributed by atoms with Crippen LogP contribution in [-0.2, 0) is 17.8 Å². The molecule has 0 bridgehead atoms. The number of benzene rings is 3. The van der Waals surface area contributed by atoms with Gasteiger partial charge in [0.2, 0.25) is 0 Å². The van der Waals surface area contributed by atoms with Gasteiger partial charge in [-0.15, -0.1) is 6.58 Å². The van der Waals surface area contributed by atoms with Crippen molar-refractivity contribution in [2.24, 2.45) is 0 Å². The number of ether oxygens (including phenoxy) is 1. The van der Waals surface area contributed by atoms with Crippen molar-refractivity contribution in [2.45, 2.75) is 20.0 Å². The maximum absolute atomic E-state index is 12.6. The Labute approximate surface area is 210 Å². The Morgan fingerprint density at radius 2 is 1.91 bits per heavy atom. The summed E-state index contributed by atoms with van der Waals surface area (Å²) in [6, 6.07) is 21.1. The molecule has 0 aliphatic heterocycles. The Morgan fingerprint density at radius 3 is 2.58 bits per heavy atom. The molecule has 3 aromatic carbocycles.